The molecule has 0 bridgehead atoms. The number of carbonyl (C=O) groups excluding carboxylic acids is 1. The van der Waals surface area contributed by atoms with Crippen LogP contribution in [0.25, 0.3) is 10.6 Å². The van der Waals surface area contributed by atoms with Crippen molar-refractivity contribution in [3.63, 3.8) is 0 Å². The van der Waals surface area contributed by atoms with E-state index in [0.717, 1.165) is 15.6 Å². The molecule has 1 heterocycles. The van der Waals surface area contributed by atoms with Gasteiger partial charge in [0, 0.05) is 18.0 Å². The van der Waals surface area contributed by atoms with Crippen LogP contribution in [0.2, 0.25) is 0 Å². The lowest BCUT2D eigenvalue weighted by Crippen LogP contribution is -2.25. The van der Waals surface area contributed by atoms with Crippen LogP contribution in [0.1, 0.15) is 24.8 Å². The Morgan fingerprint density at radius 2 is 2.10 bits per heavy atom. The predicted molar refractivity (Wildman–Crippen MR) is 80.1 cm³/mol. The van der Waals surface area contributed by atoms with Crippen molar-refractivity contribution in [1.82, 2.24) is 15.5 Å². The second kappa shape index (κ2) is 7.12. The first kappa shape index (κ1) is 14.6. The second-order valence-electron chi connectivity index (χ2n) is 4.66. The summed E-state index contributed by atoms with van der Waals surface area (Å²) in [5.41, 5.74) is 6.66. The fourth-order valence-corrected chi connectivity index (χ4v) is 2.43. The fraction of sp³-hybridized carbons (Fsp3) is 0.357. The minimum atomic E-state index is -0.00115. The molecule has 20 heavy (non-hydrogen) atoms. The van der Waals surface area contributed by atoms with Crippen LogP contribution in [0, 0.1) is 0 Å². The van der Waals surface area contributed by atoms with Crippen molar-refractivity contribution < 1.29 is 4.79 Å². The molecule has 5 nitrogen and oxygen atoms in total. The van der Waals surface area contributed by atoms with Gasteiger partial charge in [-0.25, -0.2) is 0 Å². The SMILES string of the molecule is CC(N)CCC(=O)NCc1nnc(-c2ccccc2)s1. The van der Waals surface area contributed by atoms with Gasteiger partial charge in [0.2, 0.25) is 5.91 Å². The Hall–Kier alpha value is -1.79. The van der Waals surface area contributed by atoms with Crippen LogP contribution in [0.4, 0.5) is 0 Å². The molecule has 0 spiro atoms. The predicted octanol–water partition coefficient (Wildman–Crippen LogP) is 1.95. The van der Waals surface area contributed by atoms with E-state index in [9.17, 15) is 4.79 Å². The Labute approximate surface area is 122 Å². The monoisotopic (exact) mass is 290 g/mol. The van der Waals surface area contributed by atoms with Crippen LogP contribution >= 0.6 is 11.3 Å². The van der Waals surface area contributed by atoms with Crippen molar-refractivity contribution in [2.24, 2.45) is 5.73 Å². The first-order valence-corrected chi connectivity index (χ1v) is 7.37. The fourth-order valence-electron chi connectivity index (χ4n) is 1.64. The van der Waals surface area contributed by atoms with Crippen molar-refractivity contribution >= 4 is 17.2 Å². The number of nitrogens with two attached hydrogens (primary N) is 1. The maximum absolute atomic E-state index is 11.6. The Kier molecular flexibility index (Phi) is 5.20. The van der Waals surface area contributed by atoms with Gasteiger partial charge in [0.1, 0.15) is 10.0 Å². The van der Waals surface area contributed by atoms with Crippen LogP contribution < -0.4 is 11.1 Å². The van der Waals surface area contributed by atoms with Gasteiger partial charge in [-0.3, -0.25) is 4.79 Å². The van der Waals surface area contributed by atoms with Gasteiger partial charge in [0.25, 0.3) is 0 Å². The molecule has 0 radical (unpaired) electrons. The number of amides is 1. The molecule has 1 amide bonds. The molecule has 1 aromatic carbocycles. The summed E-state index contributed by atoms with van der Waals surface area (Å²) in [7, 11) is 0. The molecule has 0 aliphatic heterocycles. The van der Waals surface area contributed by atoms with E-state index >= 15 is 0 Å². The summed E-state index contributed by atoms with van der Waals surface area (Å²) in [6, 6.07) is 9.92. The number of hydrogen-bond acceptors (Lipinski definition) is 5. The van der Waals surface area contributed by atoms with E-state index in [1.165, 1.54) is 11.3 Å². The number of carbonyl (C=O) groups is 1. The highest BCUT2D eigenvalue weighted by Crippen LogP contribution is 2.22. The largest absolute Gasteiger partial charge is 0.350 e. The van der Waals surface area contributed by atoms with Crippen molar-refractivity contribution in [3.05, 3.63) is 35.3 Å². The zero-order valence-electron chi connectivity index (χ0n) is 11.4. The maximum Gasteiger partial charge on any atom is 0.220 e. The van der Waals surface area contributed by atoms with Crippen LogP contribution in [0.3, 0.4) is 0 Å². The Morgan fingerprint density at radius 3 is 2.80 bits per heavy atom. The minimum Gasteiger partial charge on any atom is -0.350 e. The molecular formula is C14H18N4OS. The zero-order valence-corrected chi connectivity index (χ0v) is 12.2. The van der Waals surface area contributed by atoms with Gasteiger partial charge in [-0.2, -0.15) is 0 Å². The molecular weight excluding hydrogens is 272 g/mol. The third-order valence-corrected chi connectivity index (χ3v) is 3.72. The van der Waals surface area contributed by atoms with Crippen LogP contribution in [-0.2, 0) is 11.3 Å². The highest BCUT2D eigenvalue weighted by Gasteiger charge is 2.08. The van der Waals surface area contributed by atoms with E-state index in [2.05, 4.69) is 15.5 Å². The summed E-state index contributed by atoms with van der Waals surface area (Å²) in [6.45, 7) is 2.31. The molecule has 1 aromatic heterocycles. The third-order valence-electron chi connectivity index (χ3n) is 2.75. The summed E-state index contributed by atoms with van der Waals surface area (Å²) in [4.78, 5) is 11.6. The van der Waals surface area contributed by atoms with Crippen molar-refractivity contribution in [1.29, 1.82) is 0 Å². The van der Waals surface area contributed by atoms with Gasteiger partial charge in [-0.1, -0.05) is 41.7 Å². The molecule has 3 N–H and O–H groups in total. The summed E-state index contributed by atoms with van der Waals surface area (Å²) in [6.07, 6.45) is 1.14. The van der Waals surface area contributed by atoms with E-state index in [-0.39, 0.29) is 11.9 Å². The number of nitrogens with one attached hydrogen (secondary N) is 1. The lowest BCUT2D eigenvalue weighted by Gasteiger charge is -2.04. The number of rotatable bonds is 6. The molecule has 2 rings (SSSR count). The lowest BCUT2D eigenvalue weighted by atomic mass is 10.2. The Balaban J connectivity index is 1.86. The summed E-state index contributed by atoms with van der Waals surface area (Å²) >= 11 is 1.49. The first-order chi connectivity index (χ1) is 9.65. The van der Waals surface area contributed by atoms with Gasteiger partial charge < -0.3 is 11.1 Å². The Morgan fingerprint density at radius 1 is 1.35 bits per heavy atom. The van der Waals surface area contributed by atoms with Gasteiger partial charge in [0.05, 0.1) is 6.54 Å². The normalized spacial score (nSPS) is 12.1. The molecule has 2 aromatic rings. The number of hydrogen-bond donors (Lipinski definition) is 2. The quantitative estimate of drug-likeness (QED) is 0.852. The van der Waals surface area contributed by atoms with Crippen molar-refractivity contribution in [2.45, 2.75) is 32.4 Å². The average Bonchev–Trinajstić information content (AvgIpc) is 2.93. The molecule has 106 valence electrons. The highest BCUT2D eigenvalue weighted by atomic mass is 32.1. The van der Waals surface area contributed by atoms with Crippen molar-refractivity contribution in [3.8, 4) is 10.6 Å². The smallest absolute Gasteiger partial charge is 0.220 e. The third kappa shape index (κ3) is 4.40. The minimum absolute atomic E-state index is 0.00115. The zero-order chi connectivity index (χ0) is 14.4. The van der Waals surface area contributed by atoms with Crippen LogP contribution in [0.5, 0.6) is 0 Å². The maximum atomic E-state index is 11.6. The standard InChI is InChI=1S/C14H18N4OS/c1-10(15)7-8-12(19)16-9-13-17-18-14(20-13)11-5-3-2-4-6-11/h2-6,10H,7-9,15H2,1H3,(H,16,19). The number of aromatic nitrogens is 2. The summed E-state index contributed by atoms with van der Waals surface area (Å²) < 4.78 is 0. The van der Waals surface area contributed by atoms with E-state index in [4.69, 9.17) is 5.73 Å². The second-order valence-corrected chi connectivity index (χ2v) is 5.72. The van der Waals surface area contributed by atoms with Crippen molar-refractivity contribution in [2.75, 3.05) is 0 Å². The summed E-state index contributed by atoms with van der Waals surface area (Å²) in [5, 5.41) is 12.7. The number of nitrogens with zero attached hydrogens (tertiary/aromatic N) is 2. The van der Waals surface area contributed by atoms with E-state index < -0.39 is 0 Å². The molecule has 0 aliphatic rings. The first-order valence-electron chi connectivity index (χ1n) is 6.55. The Bertz CT molecular complexity index is 553. The van der Waals surface area contributed by atoms with E-state index in [1.54, 1.807) is 0 Å². The highest BCUT2D eigenvalue weighted by molar-refractivity contribution is 7.14. The summed E-state index contributed by atoms with van der Waals surface area (Å²) in [5.74, 6) is -0.00115. The van der Waals surface area contributed by atoms with Gasteiger partial charge in [0.15, 0.2) is 0 Å². The molecule has 1 unspecified atom stereocenters. The van der Waals surface area contributed by atoms with E-state index in [1.807, 2.05) is 37.3 Å². The molecule has 0 aliphatic carbocycles. The topological polar surface area (TPSA) is 80.9 Å². The van der Waals surface area contributed by atoms with Crippen LogP contribution in [0.15, 0.2) is 30.3 Å². The van der Waals surface area contributed by atoms with Crippen LogP contribution in [-0.4, -0.2) is 22.1 Å². The molecule has 0 fully saturated rings. The molecule has 1 atom stereocenters. The van der Waals surface area contributed by atoms with E-state index in [0.29, 0.717) is 19.4 Å². The molecule has 6 heteroatoms. The van der Waals surface area contributed by atoms with Gasteiger partial charge >= 0.3 is 0 Å². The van der Waals surface area contributed by atoms with Gasteiger partial charge in [-0.15, -0.1) is 10.2 Å². The lowest BCUT2D eigenvalue weighted by molar-refractivity contribution is -0.121. The molecule has 0 saturated heterocycles. The van der Waals surface area contributed by atoms with Gasteiger partial charge in [-0.05, 0) is 13.3 Å². The molecule has 0 saturated carbocycles. The number of benzene rings is 1. The average molecular weight is 290 g/mol.